The lowest BCUT2D eigenvalue weighted by Gasteiger charge is -2.22. The standard InChI is InChI=1S/C21H21BN4O/c1-11(2)19(22)26-18-13-6-4-5-7-14(13)25-21(27)17(18)20-23-15-9-8-12(3)10-16(15)24-20/h4-11,19H,1-3H3,(H,23,24)(H2,25,26,27)/i3D. The lowest BCUT2D eigenvalue weighted by atomic mass is 9.85. The minimum atomic E-state index is -0.316. The molecule has 0 saturated heterocycles. The normalized spacial score (nSPS) is 13.2. The number of nitrogens with zero attached hydrogens (tertiary/aromatic N) is 1. The SMILES string of the molecule is [2H]Cc1ccc2nc(-c3c(NC([B])C(C)C)c4ccccc4[nH]c3=O)[nH]c2c1. The molecule has 4 rings (SSSR count). The number of benzene rings is 2. The highest BCUT2D eigenvalue weighted by molar-refractivity contribution is 6.14. The second kappa shape index (κ2) is 6.61. The molecule has 134 valence electrons. The van der Waals surface area contributed by atoms with Crippen molar-refractivity contribution in [1.82, 2.24) is 15.0 Å². The van der Waals surface area contributed by atoms with Crippen LogP contribution in [0, 0.1) is 12.8 Å². The van der Waals surface area contributed by atoms with E-state index < -0.39 is 0 Å². The molecule has 6 heteroatoms. The fraction of sp³-hybridized carbons (Fsp3) is 0.238. The molecule has 27 heavy (non-hydrogen) atoms. The number of rotatable bonds is 4. The van der Waals surface area contributed by atoms with Crippen molar-refractivity contribution in [3.63, 3.8) is 0 Å². The first-order valence-corrected chi connectivity index (χ1v) is 8.93. The molecule has 0 bridgehead atoms. The van der Waals surface area contributed by atoms with E-state index >= 15 is 0 Å². The highest BCUT2D eigenvalue weighted by atomic mass is 16.1. The first-order chi connectivity index (χ1) is 13.5. The molecule has 0 fully saturated rings. The molecule has 5 nitrogen and oxygen atoms in total. The van der Waals surface area contributed by atoms with Crippen molar-refractivity contribution in [2.24, 2.45) is 5.92 Å². The highest BCUT2D eigenvalue weighted by Gasteiger charge is 2.20. The summed E-state index contributed by atoms with van der Waals surface area (Å²) in [5.74, 6) is 0.340. The summed E-state index contributed by atoms with van der Waals surface area (Å²) in [5.41, 5.74) is 4.03. The van der Waals surface area contributed by atoms with Gasteiger partial charge in [-0.1, -0.05) is 38.1 Å². The Bertz CT molecular complexity index is 1210. The van der Waals surface area contributed by atoms with Gasteiger partial charge < -0.3 is 15.3 Å². The summed E-state index contributed by atoms with van der Waals surface area (Å²) in [5, 5.41) is 4.20. The molecule has 0 spiro atoms. The Morgan fingerprint density at radius 2 is 1.96 bits per heavy atom. The second-order valence-corrected chi connectivity index (χ2v) is 7.10. The minimum Gasteiger partial charge on any atom is -0.390 e. The number of hydrogen-bond donors (Lipinski definition) is 3. The van der Waals surface area contributed by atoms with Crippen molar-refractivity contribution in [2.75, 3.05) is 5.32 Å². The summed E-state index contributed by atoms with van der Waals surface area (Å²) in [6.45, 7) is 4.24. The average Bonchev–Trinajstić information content (AvgIpc) is 3.10. The number of aromatic amines is 2. The molecule has 1 atom stereocenters. The van der Waals surface area contributed by atoms with E-state index in [9.17, 15) is 4.79 Å². The van der Waals surface area contributed by atoms with Gasteiger partial charge >= 0.3 is 0 Å². The number of imidazole rings is 1. The molecule has 1 unspecified atom stereocenters. The van der Waals surface area contributed by atoms with Crippen LogP contribution in [0.2, 0.25) is 0 Å². The maximum atomic E-state index is 13.0. The molecule has 0 saturated carbocycles. The molecule has 0 aliphatic carbocycles. The smallest absolute Gasteiger partial charge is 0.261 e. The molecule has 0 aliphatic rings. The lowest BCUT2D eigenvalue weighted by Crippen LogP contribution is -2.27. The van der Waals surface area contributed by atoms with Gasteiger partial charge in [-0.15, -0.1) is 0 Å². The van der Waals surface area contributed by atoms with Crippen molar-refractivity contribution < 1.29 is 1.37 Å². The molecular weight excluding hydrogens is 335 g/mol. The van der Waals surface area contributed by atoms with Crippen molar-refractivity contribution in [2.45, 2.75) is 26.7 Å². The van der Waals surface area contributed by atoms with Crippen LogP contribution < -0.4 is 10.9 Å². The van der Waals surface area contributed by atoms with E-state index in [0.29, 0.717) is 17.1 Å². The highest BCUT2D eigenvalue weighted by Crippen LogP contribution is 2.31. The quantitative estimate of drug-likeness (QED) is 0.485. The van der Waals surface area contributed by atoms with Crippen molar-refractivity contribution in [1.29, 1.82) is 0 Å². The van der Waals surface area contributed by atoms with Gasteiger partial charge in [0.05, 0.1) is 30.1 Å². The fourth-order valence-electron chi connectivity index (χ4n) is 3.13. The summed E-state index contributed by atoms with van der Waals surface area (Å²) in [7, 11) is 6.27. The van der Waals surface area contributed by atoms with Gasteiger partial charge in [-0.3, -0.25) is 4.79 Å². The van der Waals surface area contributed by atoms with E-state index in [0.717, 1.165) is 27.5 Å². The maximum absolute atomic E-state index is 13.0. The Hall–Kier alpha value is -3.02. The summed E-state index contributed by atoms with van der Waals surface area (Å²) in [6.07, 6.45) is 0. The summed E-state index contributed by atoms with van der Waals surface area (Å²) >= 11 is 0. The molecule has 2 aromatic heterocycles. The Morgan fingerprint density at radius 1 is 1.15 bits per heavy atom. The largest absolute Gasteiger partial charge is 0.390 e. The molecule has 2 radical (unpaired) electrons. The van der Waals surface area contributed by atoms with Gasteiger partial charge in [0.2, 0.25) is 0 Å². The third kappa shape index (κ3) is 3.12. The molecule has 4 aromatic rings. The third-order valence-electron chi connectivity index (χ3n) is 4.73. The average molecular weight is 357 g/mol. The van der Waals surface area contributed by atoms with Crippen molar-refractivity contribution in [3.05, 3.63) is 58.4 Å². The van der Waals surface area contributed by atoms with Crippen LogP contribution in [0.25, 0.3) is 33.3 Å². The van der Waals surface area contributed by atoms with Gasteiger partial charge in [0.15, 0.2) is 0 Å². The molecule has 0 aliphatic heterocycles. The second-order valence-electron chi connectivity index (χ2n) is 7.10. The monoisotopic (exact) mass is 357 g/mol. The van der Waals surface area contributed by atoms with Crippen LogP contribution in [-0.2, 0) is 0 Å². The summed E-state index contributed by atoms with van der Waals surface area (Å²) in [4.78, 5) is 23.8. The first-order valence-electron chi connectivity index (χ1n) is 9.64. The molecular formula is C21H21BN4O. The number of aromatic nitrogens is 3. The molecule has 2 heterocycles. The van der Waals surface area contributed by atoms with Crippen LogP contribution in [0.1, 0.15) is 20.8 Å². The number of anilines is 1. The maximum Gasteiger partial charge on any atom is 0.261 e. The number of hydrogen-bond acceptors (Lipinski definition) is 3. The van der Waals surface area contributed by atoms with Gasteiger partial charge in [0, 0.05) is 6.76 Å². The Morgan fingerprint density at radius 3 is 2.74 bits per heavy atom. The summed E-state index contributed by atoms with van der Waals surface area (Å²) < 4.78 is 7.55. The number of pyridine rings is 1. The predicted molar refractivity (Wildman–Crippen MR) is 112 cm³/mol. The zero-order chi connectivity index (χ0) is 19.8. The van der Waals surface area contributed by atoms with Gasteiger partial charge in [0.25, 0.3) is 5.56 Å². The number of nitrogens with one attached hydrogen (secondary N) is 3. The number of para-hydroxylation sites is 1. The minimum absolute atomic E-state index is 0.182. The van der Waals surface area contributed by atoms with Crippen LogP contribution in [-0.4, -0.2) is 28.7 Å². The fourth-order valence-corrected chi connectivity index (χ4v) is 3.13. The molecule has 2 aromatic carbocycles. The van der Waals surface area contributed by atoms with Crippen LogP contribution in [0.15, 0.2) is 47.3 Å². The Labute approximate surface area is 160 Å². The van der Waals surface area contributed by atoms with Gasteiger partial charge in [-0.2, -0.15) is 0 Å². The Balaban J connectivity index is 1.97. The number of fused-ring (bicyclic) bond motifs is 2. The van der Waals surface area contributed by atoms with E-state index in [1.54, 1.807) is 0 Å². The van der Waals surface area contributed by atoms with Crippen LogP contribution in [0.5, 0.6) is 0 Å². The van der Waals surface area contributed by atoms with Gasteiger partial charge in [0.1, 0.15) is 11.4 Å². The van der Waals surface area contributed by atoms with E-state index in [4.69, 9.17) is 9.22 Å². The zero-order valence-corrected chi connectivity index (χ0v) is 15.3. The van der Waals surface area contributed by atoms with Gasteiger partial charge in [-0.05, 0) is 42.5 Å². The number of aryl methyl sites for hydroxylation is 1. The van der Waals surface area contributed by atoms with Gasteiger partial charge in [-0.25, -0.2) is 4.98 Å². The lowest BCUT2D eigenvalue weighted by molar-refractivity contribution is 0.643. The van der Waals surface area contributed by atoms with Crippen molar-refractivity contribution >= 4 is 35.5 Å². The van der Waals surface area contributed by atoms with E-state index in [1.165, 1.54) is 0 Å². The van der Waals surface area contributed by atoms with E-state index in [-0.39, 0.29) is 24.3 Å². The van der Waals surface area contributed by atoms with Crippen LogP contribution in [0.4, 0.5) is 5.69 Å². The first kappa shape index (κ1) is 16.2. The van der Waals surface area contributed by atoms with Crippen molar-refractivity contribution in [3.8, 4) is 11.4 Å². The summed E-state index contributed by atoms with van der Waals surface area (Å²) in [6, 6.07) is 13.3. The number of H-pyrrole nitrogens is 2. The molecule has 3 N–H and O–H groups in total. The Kier molecular flexibility index (Phi) is 3.96. The van der Waals surface area contributed by atoms with Crippen LogP contribution in [0.3, 0.4) is 0 Å². The van der Waals surface area contributed by atoms with E-state index in [1.807, 2.05) is 56.3 Å². The third-order valence-corrected chi connectivity index (χ3v) is 4.73. The topological polar surface area (TPSA) is 73.6 Å². The van der Waals surface area contributed by atoms with E-state index in [2.05, 4.69) is 20.3 Å². The molecule has 0 amide bonds. The zero-order valence-electron chi connectivity index (χ0n) is 16.3. The van der Waals surface area contributed by atoms with Crippen LogP contribution >= 0.6 is 0 Å². The predicted octanol–water partition coefficient (Wildman–Crippen LogP) is 3.94.